The zero-order valence-electron chi connectivity index (χ0n) is 14.1. The summed E-state index contributed by atoms with van der Waals surface area (Å²) in [5.41, 5.74) is 0.00727. The zero-order chi connectivity index (χ0) is 18.9. The van der Waals surface area contributed by atoms with E-state index in [2.05, 4.69) is 10.1 Å². The van der Waals surface area contributed by atoms with Crippen molar-refractivity contribution in [1.82, 2.24) is 24.2 Å². The first-order valence-electron chi connectivity index (χ1n) is 8.17. The van der Waals surface area contributed by atoms with Crippen molar-refractivity contribution in [2.24, 2.45) is 7.05 Å². The summed E-state index contributed by atoms with van der Waals surface area (Å²) in [5.74, 6) is -1.28. The van der Waals surface area contributed by atoms with E-state index in [-0.39, 0.29) is 12.3 Å². The van der Waals surface area contributed by atoms with Crippen LogP contribution in [0.25, 0.3) is 0 Å². The van der Waals surface area contributed by atoms with Gasteiger partial charge in [0.1, 0.15) is 0 Å². The molecule has 1 aliphatic heterocycles. The highest BCUT2D eigenvalue weighted by Crippen LogP contribution is 2.28. The van der Waals surface area contributed by atoms with Crippen molar-refractivity contribution in [2.75, 3.05) is 13.1 Å². The van der Waals surface area contributed by atoms with Crippen LogP contribution >= 0.6 is 0 Å². The van der Waals surface area contributed by atoms with Crippen LogP contribution in [0.1, 0.15) is 30.3 Å². The minimum atomic E-state index is -4.68. The van der Waals surface area contributed by atoms with Gasteiger partial charge in [0.05, 0.1) is 12.5 Å². The van der Waals surface area contributed by atoms with Gasteiger partial charge in [0.25, 0.3) is 0 Å². The largest absolute Gasteiger partial charge is 0.451 e. The minimum Gasteiger partial charge on any atom is -0.342 e. The fraction of sp³-hybridized carbons (Fsp3) is 0.500. The molecule has 3 rings (SSSR count). The summed E-state index contributed by atoms with van der Waals surface area (Å²) in [6.45, 7) is 0.738. The van der Waals surface area contributed by atoms with Crippen LogP contribution in [0.5, 0.6) is 0 Å². The summed E-state index contributed by atoms with van der Waals surface area (Å²) in [6.07, 6.45) is -0.449. The smallest absolute Gasteiger partial charge is 0.342 e. The number of carbonyl (C=O) groups excluding carboxylic acids is 1. The van der Waals surface area contributed by atoms with E-state index in [1.807, 2.05) is 6.07 Å². The van der Waals surface area contributed by atoms with E-state index in [1.165, 1.54) is 0 Å². The molecule has 0 N–H and O–H groups in total. The van der Waals surface area contributed by atoms with Crippen molar-refractivity contribution < 1.29 is 18.0 Å². The Morgan fingerprint density at radius 3 is 2.54 bits per heavy atom. The number of amides is 1. The highest BCUT2D eigenvalue weighted by atomic mass is 19.4. The molecule has 26 heavy (non-hydrogen) atoms. The first kappa shape index (κ1) is 18.2. The van der Waals surface area contributed by atoms with Gasteiger partial charge in [-0.2, -0.15) is 13.2 Å². The second-order valence-electron chi connectivity index (χ2n) is 6.26. The van der Waals surface area contributed by atoms with Crippen LogP contribution < -0.4 is 5.69 Å². The zero-order valence-corrected chi connectivity index (χ0v) is 14.1. The molecule has 10 heteroatoms. The van der Waals surface area contributed by atoms with Gasteiger partial charge < -0.3 is 4.90 Å². The molecular weight excluding hydrogens is 351 g/mol. The van der Waals surface area contributed by atoms with E-state index in [0.717, 1.165) is 17.3 Å². The predicted molar refractivity (Wildman–Crippen MR) is 85.3 cm³/mol. The lowest BCUT2D eigenvalue weighted by Gasteiger charge is -2.31. The van der Waals surface area contributed by atoms with Gasteiger partial charge in [0.15, 0.2) is 0 Å². The minimum absolute atomic E-state index is 0.0687. The van der Waals surface area contributed by atoms with Crippen molar-refractivity contribution >= 4 is 5.91 Å². The number of piperidine rings is 1. The molecule has 0 bridgehead atoms. The highest BCUT2D eigenvalue weighted by Gasteiger charge is 2.39. The highest BCUT2D eigenvalue weighted by molar-refractivity contribution is 5.78. The van der Waals surface area contributed by atoms with Crippen LogP contribution in [0, 0.1) is 0 Å². The summed E-state index contributed by atoms with van der Waals surface area (Å²) in [4.78, 5) is 30.0. The van der Waals surface area contributed by atoms with E-state index in [1.54, 1.807) is 23.4 Å². The second kappa shape index (κ2) is 6.93. The fourth-order valence-corrected chi connectivity index (χ4v) is 3.09. The maximum absolute atomic E-state index is 12.9. The molecule has 1 fully saturated rings. The molecule has 0 radical (unpaired) electrons. The van der Waals surface area contributed by atoms with Crippen molar-refractivity contribution in [3.05, 3.63) is 46.4 Å². The number of hydrogen-bond acceptors (Lipinski definition) is 4. The van der Waals surface area contributed by atoms with Gasteiger partial charge in [-0.15, -0.1) is 5.10 Å². The number of pyridine rings is 1. The molecule has 7 nitrogen and oxygen atoms in total. The summed E-state index contributed by atoms with van der Waals surface area (Å²) >= 11 is 0. The van der Waals surface area contributed by atoms with Gasteiger partial charge in [0, 0.05) is 32.5 Å². The normalized spacial score (nSPS) is 16.1. The lowest BCUT2D eigenvalue weighted by atomic mass is 10.0. The first-order valence-corrected chi connectivity index (χ1v) is 8.17. The summed E-state index contributed by atoms with van der Waals surface area (Å²) in [7, 11) is 1.06. The van der Waals surface area contributed by atoms with E-state index >= 15 is 0 Å². The summed E-state index contributed by atoms with van der Waals surface area (Å²) < 4.78 is 40.1. The van der Waals surface area contributed by atoms with Crippen LogP contribution in [-0.2, 0) is 24.4 Å². The Morgan fingerprint density at radius 2 is 2.00 bits per heavy atom. The Morgan fingerprint density at radius 1 is 1.31 bits per heavy atom. The SMILES string of the molecule is Cn1c(C(F)(F)F)nn(C2CCN(C(=O)Cc3cccnc3)CC2)c1=O. The average Bonchev–Trinajstić information content (AvgIpc) is 2.91. The van der Waals surface area contributed by atoms with Crippen LogP contribution in [-0.4, -0.2) is 43.2 Å². The molecule has 1 aliphatic rings. The van der Waals surface area contributed by atoms with Crippen molar-refractivity contribution in [2.45, 2.75) is 31.5 Å². The number of alkyl halides is 3. The molecule has 0 spiro atoms. The maximum Gasteiger partial charge on any atom is 0.451 e. The van der Waals surface area contributed by atoms with Gasteiger partial charge in [-0.3, -0.25) is 14.3 Å². The van der Waals surface area contributed by atoms with Crippen molar-refractivity contribution in [3.63, 3.8) is 0 Å². The van der Waals surface area contributed by atoms with E-state index in [4.69, 9.17) is 0 Å². The quantitative estimate of drug-likeness (QED) is 0.820. The van der Waals surface area contributed by atoms with E-state index in [0.29, 0.717) is 30.5 Å². The Hall–Kier alpha value is -2.65. The molecule has 1 amide bonds. The number of carbonyl (C=O) groups is 1. The molecule has 140 valence electrons. The van der Waals surface area contributed by atoms with Gasteiger partial charge >= 0.3 is 11.9 Å². The molecular formula is C16H18F3N5O2. The maximum atomic E-state index is 12.9. The third kappa shape index (κ3) is 3.63. The number of nitrogens with zero attached hydrogens (tertiary/aromatic N) is 5. The standard InChI is InChI=1S/C16H18F3N5O2/c1-22-14(16(17,18)19)21-24(15(22)26)12-4-7-23(8-5-12)13(25)9-11-3-2-6-20-10-11/h2-3,6,10,12H,4-5,7-9H2,1H3. The molecule has 0 atom stereocenters. The van der Waals surface area contributed by atoms with Crippen LogP contribution in [0.2, 0.25) is 0 Å². The topological polar surface area (TPSA) is 73.0 Å². The number of likely N-dealkylation sites (tertiary alicyclic amines) is 1. The lowest BCUT2D eigenvalue weighted by molar-refractivity contribution is -0.147. The molecule has 0 aliphatic carbocycles. The Labute approximate surface area is 147 Å². The monoisotopic (exact) mass is 369 g/mol. The van der Waals surface area contributed by atoms with E-state index in [9.17, 15) is 22.8 Å². The molecule has 0 aromatic carbocycles. The van der Waals surface area contributed by atoms with Gasteiger partial charge in [-0.05, 0) is 24.5 Å². The molecule has 0 saturated carbocycles. The molecule has 0 unspecified atom stereocenters. The molecule has 1 saturated heterocycles. The van der Waals surface area contributed by atoms with Crippen LogP contribution in [0.15, 0.2) is 29.3 Å². The van der Waals surface area contributed by atoms with Crippen molar-refractivity contribution in [1.29, 1.82) is 0 Å². The molecule has 2 aromatic rings. The number of aromatic nitrogens is 4. The van der Waals surface area contributed by atoms with E-state index < -0.39 is 23.7 Å². The third-order valence-electron chi connectivity index (χ3n) is 4.50. The number of halogens is 3. The number of hydrogen-bond donors (Lipinski definition) is 0. The van der Waals surface area contributed by atoms with Gasteiger partial charge in [0.2, 0.25) is 11.7 Å². The lowest BCUT2D eigenvalue weighted by Crippen LogP contribution is -2.41. The fourth-order valence-electron chi connectivity index (χ4n) is 3.09. The Balaban J connectivity index is 1.66. The molecule has 2 aromatic heterocycles. The third-order valence-corrected chi connectivity index (χ3v) is 4.50. The Kier molecular flexibility index (Phi) is 4.84. The van der Waals surface area contributed by atoms with Crippen LogP contribution in [0.3, 0.4) is 0 Å². The number of rotatable bonds is 3. The summed E-state index contributed by atoms with van der Waals surface area (Å²) in [5, 5.41) is 3.47. The van der Waals surface area contributed by atoms with Crippen LogP contribution in [0.4, 0.5) is 13.2 Å². The van der Waals surface area contributed by atoms with Crippen molar-refractivity contribution in [3.8, 4) is 0 Å². The second-order valence-corrected chi connectivity index (χ2v) is 6.26. The molecule has 3 heterocycles. The first-order chi connectivity index (χ1) is 12.3. The Bertz CT molecular complexity index is 836. The predicted octanol–water partition coefficient (Wildman–Crippen LogP) is 1.40. The van der Waals surface area contributed by atoms with Gasteiger partial charge in [-0.1, -0.05) is 6.07 Å². The van der Waals surface area contributed by atoms with Gasteiger partial charge in [-0.25, -0.2) is 9.48 Å². The average molecular weight is 369 g/mol. The summed E-state index contributed by atoms with van der Waals surface area (Å²) in [6, 6.07) is 3.11.